The first kappa shape index (κ1) is 20.0. The molecule has 4 heteroatoms. The molecule has 31 heavy (non-hydrogen) atoms. The van der Waals surface area contributed by atoms with E-state index in [4.69, 9.17) is 0 Å². The Labute approximate surface area is 183 Å². The summed E-state index contributed by atoms with van der Waals surface area (Å²) in [6.45, 7) is 0. The van der Waals surface area contributed by atoms with Gasteiger partial charge in [0.1, 0.15) is 0 Å². The number of hydrogen-bond acceptors (Lipinski definition) is 4. The molecule has 2 aromatic rings. The van der Waals surface area contributed by atoms with E-state index < -0.39 is 5.54 Å². The number of carbonyl (C=O) groups excluding carboxylic acids is 2. The van der Waals surface area contributed by atoms with Crippen LogP contribution in [0.3, 0.4) is 0 Å². The fourth-order valence-electron chi connectivity index (χ4n) is 5.95. The molecule has 2 aromatic carbocycles. The van der Waals surface area contributed by atoms with Crippen LogP contribution in [0.15, 0.2) is 72.5 Å². The predicted octanol–water partition coefficient (Wildman–Crippen LogP) is 3.73. The predicted molar refractivity (Wildman–Crippen MR) is 122 cm³/mol. The molecule has 0 radical (unpaired) electrons. The highest BCUT2D eigenvalue weighted by molar-refractivity contribution is 6.05. The second-order valence-electron chi connectivity index (χ2n) is 8.93. The summed E-state index contributed by atoms with van der Waals surface area (Å²) >= 11 is 0. The van der Waals surface area contributed by atoms with Crippen LogP contribution in [-0.2, 0) is 12.8 Å². The standard InChI is InChI=1S/C27H28N2O2/c1-28-19-11-13-27(29-2,14-12-19)24(22-15-17-7-3-5-9-20(17)25(22)30)23-16-18-8-4-6-10-21(18)26(23)31/h3-13,22-24,28-29H,14-16H2,1-2H3. The first-order chi connectivity index (χ1) is 15.1. The molecule has 5 rings (SSSR count). The Morgan fingerprint density at radius 1 is 0.871 bits per heavy atom. The lowest BCUT2D eigenvalue weighted by atomic mass is 9.64. The highest BCUT2D eigenvalue weighted by Gasteiger charge is 2.53. The largest absolute Gasteiger partial charge is 0.388 e. The van der Waals surface area contributed by atoms with Gasteiger partial charge in [-0.15, -0.1) is 0 Å². The van der Waals surface area contributed by atoms with Gasteiger partial charge in [-0.25, -0.2) is 0 Å². The normalized spacial score (nSPS) is 27.6. The zero-order valence-electron chi connectivity index (χ0n) is 18.0. The maximum atomic E-state index is 13.6. The van der Waals surface area contributed by atoms with E-state index in [1.54, 1.807) is 0 Å². The number of benzene rings is 2. The minimum Gasteiger partial charge on any atom is -0.388 e. The van der Waals surface area contributed by atoms with E-state index in [-0.39, 0.29) is 29.3 Å². The first-order valence-corrected chi connectivity index (χ1v) is 11.1. The average Bonchev–Trinajstić information content (AvgIpc) is 3.32. The van der Waals surface area contributed by atoms with Crippen LogP contribution >= 0.6 is 0 Å². The molecule has 0 saturated heterocycles. The van der Waals surface area contributed by atoms with Crippen molar-refractivity contribution in [1.82, 2.24) is 10.6 Å². The molecular formula is C27H28N2O2. The number of Topliss-reactive ketones (excluding diaryl/α,β-unsaturated/α-hetero) is 2. The number of ketones is 2. The van der Waals surface area contributed by atoms with E-state index in [1.165, 1.54) is 0 Å². The van der Waals surface area contributed by atoms with Crippen LogP contribution in [0, 0.1) is 17.8 Å². The summed E-state index contributed by atoms with van der Waals surface area (Å²) in [5.74, 6) is -0.223. The van der Waals surface area contributed by atoms with E-state index in [0.717, 1.165) is 34.4 Å². The second kappa shape index (κ2) is 7.61. The molecule has 3 unspecified atom stereocenters. The zero-order valence-corrected chi connectivity index (χ0v) is 18.0. The van der Waals surface area contributed by atoms with Gasteiger partial charge < -0.3 is 10.6 Å². The van der Waals surface area contributed by atoms with E-state index >= 15 is 0 Å². The Hall–Kier alpha value is -2.98. The molecule has 0 aliphatic heterocycles. The van der Waals surface area contributed by atoms with E-state index in [0.29, 0.717) is 12.8 Å². The topological polar surface area (TPSA) is 58.2 Å². The van der Waals surface area contributed by atoms with Gasteiger partial charge in [0.25, 0.3) is 0 Å². The summed E-state index contributed by atoms with van der Waals surface area (Å²) in [5.41, 5.74) is 4.44. The summed E-state index contributed by atoms with van der Waals surface area (Å²) in [6, 6.07) is 15.8. The van der Waals surface area contributed by atoms with Crippen LogP contribution in [0.4, 0.5) is 0 Å². The lowest BCUT2D eigenvalue weighted by Gasteiger charge is -2.45. The third kappa shape index (κ3) is 3.09. The van der Waals surface area contributed by atoms with Gasteiger partial charge in [-0.1, -0.05) is 60.7 Å². The number of carbonyl (C=O) groups is 2. The summed E-state index contributed by atoms with van der Waals surface area (Å²) < 4.78 is 0. The van der Waals surface area contributed by atoms with Gasteiger partial charge in [0, 0.05) is 47.2 Å². The maximum Gasteiger partial charge on any atom is 0.166 e. The third-order valence-corrected chi connectivity index (χ3v) is 7.55. The van der Waals surface area contributed by atoms with Gasteiger partial charge in [0.2, 0.25) is 0 Å². The molecule has 0 heterocycles. The molecule has 0 saturated carbocycles. The monoisotopic (exact) mass is 412 g/mol. The van der Waals surface area contributed by atoms with Crippen molar-refractivity contribution in [3.63, 3.8) is 0 Å². The van der Waals surface area contributed by atoms with Crippen molar-refractivity contribution in [3.8, 4) is 0 Å². The zero-order chi connectivity index (χ0) is 21.6. The molecule has 0 aromatic heterocycles. The minimum atomic E-state index is -0.453. The fourth-order valence-corrected chi connectivity index (χ4v) is 5.95. The van der Waals surface area contributed by atoms with Crippen molar-refractivity contribution in [1.29, 1.82) is 0 Å². The lowest BCUT2D eigenvalue weighted by Crippen LogP contribution is -2.56. The molecule has 158 valence electrons. The molecule has 2 N–H and O–H groups in total. The van der Waals surface area contributed by atoms with Crippen molar-refractivity contribution < 1.29 is 9.59 Å². The van der Waals surface area contributed by atoms with Crippen molar-refractivity contribution in [2.24, 2.45) is 17.8 Å². The van der Waals surface area contributed by atoms with Gasteiger partial charge in [0.05, 0.1) is 0 Å². The Kier molecular flexibility index (Phi) is 4.90. The number of rotatable bonds is 5. The number of fused-ring (bicyclic) bond motifs is 2. The summed E-state index contributed by atoms with van der Waals surface area (Å²) in [5, 5.41) is 6.75. The molecule has 3 aliphatic rings. The summed E-state index contributed by atoms with van der Waals surface area (Å²) in [4.78, 5) is 27.2. The fraction of sp³-hybridized carbons (Fsp3) is 0.333. The molecule has 0 fully saturated rings. The van der Waals surface area contributed by atoms with Gasteiger partial charge in [-0.3, -0.25) is 9.59 Å². The van der Waals surface area contributed by atoms with Crippen LogP contribution < -0.4 is 10.6 Å². The van der Waals surface area contributed by atoms with Crippen LogP contribution in [0.25, 0.3) is 0 Å². The Bertz CT molecular complexity index is 1050. The smallest absolute Gasteiger partial charge is 0.166 e. The van der Waals surface area contributed by atoms with Gasteiger partial charge in [-0.05, 0) is 43.5 Å². The molecule has 3 atom stereocenters. The van der Waals surface area contributed by atoms with Crippen LogP contribution in [-0.4, -0.2) is 31.2 Å². The summed E-state index contributed by atoms with van der Waals surface area (Å²) in [7, 11) is 3.86. The number of allylic oxidation sites excluding steroid dienone is 1. The SMILES string of the molecule is CNC1=CCC(NC)(C(C2Cc3ccccc3C2=O)C2Cc3ccccc3C2=O)C=C1. The maximum absolute atomic E-state index is 13.6. The van der Waals surface area contributed by atoms with E-state index in [1.807, 2.05) is 50.5 Å². The highest BCUT2D eigenvalue weighted by Crippen LogP contribution is 2.47. The van der Waals surface area contributed by atoms with Crippen molar-refractivity contribution >= 4 is 11.6 Å². The average molecular weight is 413 g/mol. The highest BCUT2D eigenvalue weighted by atomic mass is 16.1. The molecule has 4 nitrogen and oxygen atoms in total. The first-order valence-electron chi connectivity index (χ1n) is 11.1. The molecule has 0 amide bonds. The molecule has 0 spiro atoms. The van der Waals surface area contributed by atoms with Crippen LogP contribution in [0.2, 0.25) is 0 Å². The minimum absolute atomic E-state index is 0.136. The lowest BCUT2D eigenvalue weighted by molar-refractivity contribution is 0.0653. The van der Waals surface area contributed by atoms with Crippen LogP contribution in [0.5, 0.6) is 0 Å². The van der Waals surface area contributed by atoms with Gasteiger partial charge >= 0.3 is 0 Å². The van der Waals surface area contributed by atoms with Gasteiger partial charge in [0.15, 0.2) is 11.6 Å². The van der Waals surface area contributed by atoms with Gasteiger partial charge in [-0.2, -0.15) is 0 Å². The third-order valence-electron chi connectivity index (χ3n) is 7.55. The summed E-state index contributed by atoms with van der Waals surface area (Å²) in [6.07, 6.45) is 8.55. The van der Waals surface area contributed by atoms with Crippen LogP contribution in [0.1, 0.15) is 38.3 Å². The quantitative estimate of drug-likeness (QED) is 0.786. The Balaban J connectivity index is 1.59. The number of likely N-dealkylation sites (N-methyl/N-ethyl adjacent to an activating group) is 2. The molecule has 0 bridgehead atoms. The molecular weight excluding hydrogens is 384 g/mol. The van der Waals surface area contributed by atoms with E-state index in [2.05, 4.69) is 41.0 Å². The number of nitrogens with one attached hydrogen (secondary N) is 2. The Morgan fingerprint density at radius 3 is 1.84 bits per heavy atom. The van der Waals surface area contributed by atoms with Crippen molar-refractivity contribution in [3.05, 3.63) is 94.7 Å². The number of hydrogen-bond donors (Lipinski definition) is 2. The van der Waals surface area contributed by atoms with Crippen molar-refractivity contribution in [2.75, 3.05) is 14.1 Å². The van der Waals surface area contributed by atoms with E-state index in [9.17, 15) is 9.59 Å². The van der Waals surface area contributed by atoms with Crippen molar-refractivity contribution in [2.45, 2.75) is 24.8 Å². The second-order valence-corrected chi connectivity index (χ2v) is 8.93. The Morgan fingerprint density at radius 2 is 1.42 bits per heavy atom. The molecule has 3 aliphatic carbocycles.